The Labute approximate surface area is 89.9 Å². The number of rotatable bonds is 1. The first kappa shape index (κ1) is 12.7. The van der Waals surface area contributed by atoms with E-state index in [9.17, 15) is 0 Å². The molecule has 1 aliphatic carbocycles. The molecule has 0 saturated carbocycles. The number of allylic oxidation sites excluding steroid dienone is 1. The van der Waals surface area contributed by atoms with Crippen molar-refractivity contribution in [3.63, 3.8) is 0 Å². The van der Waals surface area contributed by atoms with Gasteiger partial charge in [0, 0.05) is 7.11 Å². The van der Waals surface area contributed by atoms with E-state index in [0.29, 0.717) is 0 Å². The molecule has 0 amide bonds. The second-order valence-corrected chi connectivity index (χ2v) is 2.65. The van der Waals surface area contributed by atoms with Gasteiger partial charge in [0.2, 0.25) is 0 Å². The van der Waals surface area contributed by atoms with E-state index in [0.717, 1.165) is 0 Å². The normalized spacial score (nSPS) is 26.2. The van der Waals surface area contributed by atoms with Gasteiger partial charge in [0.1, 0.15) is 0 Å². The molecule has 0 N–H and O–H groups in total. The zero-order chi connectivity index (χ0) is 9.23. The molecule has 0 saturated heterocycles. The van der Waals surface area contributed by atoms with E-state index in [4.69, 9.17) is 4.74 Å². The molecule has 0 heterocycles. The van der Waals surface area contributed by atoms with Gasteiger partial charge < -0.3 is 4.74 Å². The van der Waals surface area contributed by atoms with Gasteiger partial charge in [0.25, 0.3) is 0 Å². The summed E-state index contributed by atoms with van der Waals surface area (Å²) in [6.45, 7) is 0. The van der Waals surface area contributed by atoms with Crippen LogP contribution in [-0.2, 0) is 22.9 Å². The predicted octanol–water partition coefficient (Wildman–Crippen LogP) is 3.02. The summed E-state index contributed by atoms with van der Waals surface area (Å²) in [4.78, 5) is 0. The Hall–Kier alpha value is 0.652. The van der Waals surface area contributed by atoms with Gasteiger partial charge in [-0.25, -0.2) is 0 Å². The number of hydrogen-bond donors (Lipinski definition) is 0. The topological polar surface area (TPSA) is 9.23 Å². The molecule has 3 heteroatoms. The van der Waals surface area contributed by atoms with Gasteiger partial charge in [-0.05, 0) is 12.5 Å². The minimum absolute atomic E-state index is 0.264. The zero-order valence-corrected chi connectivity index (χ0v) is 9.55. The third-order valence-corrected chi connectivity index (χ3v) is 1.82. The quantitative estimate of drug-likeness (QED) is 0.408. The van der Waals surface area contributed by atoms with Crippen molar-refractivity contribution in [1.82, 2.24) is 0 Å². The molecule has 0 radical (unpaired) electrons. The molecule has 0 fully saturated rings. The first-order valence-electron chi connectivity index (χ1n) is 4.08. The summed E-state index contributed by atoms with van der Waals surface area (Å²) in [6, 6.07) is 0. The molecule has 1 unspecified atom stereocenters. The molecular formula is C9H15ClOPd. The first-order chi connectivity index (χ1) is 5.93. The van der Waals surface area contributed by atoms with Crippen LogP contribution in [0.4, 0.5) is 0 Å². The van der Waals surface area contributed by atoms with Crippen molar-refractivity contribution in [1.29, 1.82) is 0 Å². The van der Waals surface area contributed by atoms with Crippen molar-refractivity contribution in [3.8, 4) is 0 Å². The van der Waals surface area contributed by atoms with Crippen molar-refractivity contribution in [2.75, 3.05) is 7.11 Å². The Bertz CT molecular complexity index is 117. The van der Waals surface area contributed by atoms with Gasteiger partial charge >= 0.3 is 27.7 Å². The van der Waals surface area contributed by atoms with Gasteiger partial charge in [-0.3, -0.25) is 6.42 Å². The Morgan fingerprint density at radius 3 is 2.92 bits per heavy atom. The van der Waals surface area contributed by atoms with E-state index >= 15 is 0 Å². The van der Waals surface area contributed by atoms with Gasteiger partial charge in [0.05, 0.1) is 0 Å². The number of methoxy groups -OCH3 is 1. The van der Waals surface area contributed by atoms with E-state index < -0.39 is 0 Å². The van der Waals surface area contributed by atoms with Crippen LogP contribution < -0.4 is 0 Å². The second kappa shape index (κ2) is 9.74. The zero-order valence-electron chi connectivity index (χ0n) is 7.24. The predicted molar refractivity (Wildman–Crippen MR) is 48.6 cm³/mol. The van der Waals surface area contributed by atoms with Gasteiger partial charge in [-0.1, -0.05) is 25.0 Å². The first-order valence-corrected chi connectivity index (χ1v) is 6.08. The third kappa shape index (κ3) is 6.20. The molecule has 0 aliphatic heterocycles. The van der Waals surface area contributed by atoms with Gasteiger partial charge in [0.15, 0.2) is 0 Å². The van der Waals surface area contributed by atoms with Gasteiger partial charge in [-0.2, -0.15) is 6.42 Å². The Morgan fingerprint density at radius 1 is 1.50 bits per heavy atom. The number of hydrogen-bond acceptors (Lipinski definition) is 1. The molecule has 0 aromatic carbocycles. The molecule has 1 nitrogen and oxygen atoms in total. The van der Waals surface area contributed by atoms with Gasteiger partial charge in [-0.15, -0.1) is 0 Å². The van der Waals surface area contributed by atoms with E-state index in [1.54, 1.807) is 7.11 Å². The number of halogens is 1. The van der Waals surface area contributed by atoms with Crippen LogP contribution in [0.15, 0.2) is 12.2 Å². The molecule has 0 spiro atoms. The van der Waals surface area contributed by atoms with Crippen LogP contribution in [0.3, 0.4) is 0 Å². The van der Waals surface area contributed by atoms with Crippen molar-refractivity contribution < 1.29 is 22.9 Å². The fraction of sp³-hybridized carbons (Fsp3) is 0.667. The van der Waals surface area contributed by atoms with E-state index in [-0.39, 0.29) is 6.10 Å². The SMILES string of the molecule is COC1/C=C\CCCC[CH-]1.[Cl][Pd+]. The molecule has 0 aromatic heterocycles. The van der Waals surface area contributed by atoms with Crippen LogP contribution in [0.1, 0.15) is 25.7 Å². The van der Waals surface area contributed by atoms with E-state index in [2.05, 4.69) is 46.3 Å². The molecule has 0 bridgehead atoms. The van der Waals surface area contributed by atoms with Crippen LogP contribution >= 0.6 is 9.53 Å². The standard InChI is InChI=1S/C9H15O.ClH.Pd/c1-10-9-7-5-3-2-4-6-8-9;;/h5,7-9H,2-4,6H2,1H3;1H;/q-1;;+2/p-1/b7-5-;;. The van der Waals surface area contributed by atoms with Crippen molar-refractivity contribution in [3.05, 3.63) is 18.6 Å². The Morgan fingerprint density at radius 2 is 2.25 bits per heavy atom. The van der Waals surface area contributed by atoms with Crippen molar-refractivity contribution in [2.45, 2.75) is 31.8 Å². The summed E-state index contributed by atoms with van der Waals surface area (Å²) >= 11 is 2.22. The molecule has 0 aromatic rings. The average Bonchev–Trinajstić information content (AvgIpc) is 2.08. The van der Waals surface area contributed by atoms with Crippen LogP contribution in [0.2, 0.25) is 0 Å². The maximum atomic E-state index is 5.18. The van der Waals surface area contributed by atoms with Crippen LogP contribution in [0.5, 0.6) is 0 Å². The van der Waals surface area contributed by atoms with Crippen molar-refractivity contribution >= 4 is 9.53 Å². The van der Waals surface area contributed by atoms with Crippen molar-refractivity contribution in [2.24, 2.45) is 0 Å². The Balaban J connectivity index is 0.000000561. The summed E-state index contributed by atoms with van der Waals surface area (Å²) in [5, 5.41) is 0. The fourth-order valence-electron chi connectivity index (χ4n) is 1.17. The van der Waals surface area contributed by atoms with Crippen LogP contribution in [0.25, 0.3) is 0 Å². The molecule has 1 aliphatic rings. The monoisotopic (exact) mass is 280 g/mol. The molecule has 1 rings (SSSR count). The second-order valence-electron chi connectivity index (χ2n) is 2.65. The molecule has 1 atom stereocenters. The number of ether oxygens (including phenoxy) is 1. The van der Waals surface area contributed by atoms with E-state index in [1.165, 1.54) is 25.7 Å². The van der Waals surface area contributed by atoms with E-state index in [1.807, 2.05) is 0 Å². The third-order valence-electron chi connectivity index (χ3n) is 1.82. The van der Waals surface area contributed by atoms with Crippen LogP contribution in [-0.4, -0.2) is 13.2 Å². The fourth-order valence-corrected chi connectivity index (χ4v) is 1.17. The average molecular weight is 281 g/mol. The molecular weight excluding hydrogens is 266 g/mol. The minimum atomic E-state index is 0.264. The molecule has 12 heavy (non-hydrogen) atoms. The Kier molecular flexibility index (Phi) is 10.3. The summed E-state index contributed by atoms with van der Waals surface area (Å²) in [5.74, 6) is 0. The van der Waals surface area contributed by atoms with Crippen LogP contribution in [0, 0.1) is 6.42 Å². The maximum absolute atomic E-state index is 5.18. The summed E-state index contributed by atoms with van der Waals surface area (Å²) < 4.78 is 5.18. The summed E-state index contributed by atoms with van der Waals surface area (Å²) in [7, 11) is 6.25. The summed E-state index contributed by atoms with van der Waals surface area (Å²) in [6.07, 6.45) is 11.9. The molecule has 74 valence electrons. The summed E-state index contributed by atoms with van der Waals surface area (Å²) in [5.41, 5.74) is 0.